The number of para-hydroxylation sites is 1. The average Bonchev–Trinajstić information content (AvgIpc) is 2.83. The van der Waals surface area contributed by atoms with E-state index in [0.717, 1.165) is 11.6 Å². The summed E-state index contributed by atoms with van der Waals surface area (Å²) < 4.78 is 28.4. The number of sulfonamides is 1. The van der Waals surface area contributed by atoms with Crippen LogP contribution in [0, 0.1) is 6.92 Å². The van der Waals surface area contributed by atoms with Crippen LogP contribution in [0.1, 0.15) is 5.69 Å². The van der Waals surface area contributed by atoms with Crippen molar-refractivity contribution in [2.24, 2.45) is 0 Å². The van der Waals surface area contributed by atoms with Gasteiger partial charge in [-0.15, -0.1) is 0 Å². The number of hydrogen-bond donors (Lipinski definition) is 2. The maximum absolute atomic E-state index is 13.0. The third-order valence-electron chi connectivity index (χ3n) is 5.19. The van der Waals surface area contributed by atoms with Gasteiger partial charge < -0.3 is 4.98 Å². The number of nitrogens with one attached hydrogen (secondary N) is 2. The lowest BCUT2D eigenvalue weighted by molar-refractivity contribution is 0.598. The van der Waals surface area contributed by atoms with E-state index in [1.807, 2.05) is 30.3 Å². The fraction of sp³-hybridized carbons (Fsp3) is 0.0400. The molecule has 35 heavy (non-hydrogen) atoms. The predicted octanol–water partition coefficient (Wildman–Crippen LogP) is 4.81. The van der Waals surface area contributed by atoms with E-state index in [0.29, 0.717) is 28.3 Å². The number of aryl methyl sites for hydroxylation is 1. The molecular weight excluding hydrogens is 486 g/mol. The Morgan fingerprint density at radius 2 is 1.49 bits per heavy atom. The standard InChI is InChI=1S/C25H18ClN5O3S/c1-15-12-17(13-20(26)27-15)23-22(16-8-4-2-5-9-16)30-25-24(29-23)19(32)14-21(28-25)35(33,34)31-18-10-6-3-7-11-18/h2-14,31H,1H3,(H,28,30,32). The van der Waals surface area contributed by atoms with E-state index in [-0.39, 0.29) is 21.3 Å². The molecule has 10 heteroatoms. The molecule has 174 valence electrons. The zero-order valence-electron chi connectivity index (χ0n) is 18.4. The topological polar surface area (TPSA) is 118 Å². The fourth-order valence-corrected chi connectivity index (χ4v) is 4.96. The summed E-state index contributed by atoms with van der Waals surface area (Å²) in [5, 5.41) is -0.0361. The van der Waals surface area contributed by atoms with Crippen molar-refractivity contribution in [3.8, 4) is 22.5 Å². The molecule has 0 spiro atoms. The second kappa shape index (κ2) is 8.94. The molecule has 2 N–H and O–H groups in total. The molecule has 0 saturated carbocycles. The first-order valence-corrected chi connectivity index (χ1v) is 12.4. The van der Waals surface area contributed by atoms with Gasteiger partial charge >= 0.3 is 0 Å². The fourth-order valence-electron chi connectivity index (χ4n) is 3.66. The largest absolute Gasteiger partial charge is 0.327 e. The third-order valence-corrected chi connectivity index (χ3v) is 6.69. The maximum atomic E-state index is 13.0. The number of fused-ring (bicyclic) bond motifs is 1. The molecule has 3 heterocycles. The quantitative estimate of drug-likeness (QED) is 0.332. The van der Waals surface area contributed by atoms with Gasteiger partial charge in [0.1, 0.15) is 5.15 Å². The van der Waals surface area contributed by atoms with Crippen molar-refractivity contribution >= 4 is 38.5 Å². The zero-order valence-corrected chi connectivity index (χ0v) is 19.9. The summed E-state index contributed by atoms with van der Waals surface area (Å²) in [6.07, 6.45) is 0. The van der Waals surface area contributed by atoms with E-state index in [9.17, 15) is 13.2 Å². The van der Waals surface area contributed by atoms with E-state index < -0.39 is 15.5 Å². The summed E-state index contributed by atoms with van der Waals surface area (Å²) in [5.74, 6) is 0. The van der Waals surface area contributed by atoms with Gasteiger partial charge in [0.15, 0.2) is 16.2 Å². The van der Waals surface area contributed by atoms with Crippen molar-refractivity contribution < 1.29 is 8.42 Å². The molecule has 0 bridgehead atoms. The van der Waals surface area contributed by atoms with Gasteiger partial charge in [-0.25, -0.2) is 15.0 Å². The van der Waals surface area contributed by atoms with Gasteiger partial charge in [0.05, 0.1) is 11.4 Å². The highest BCUT2D eigenvalue weighted by Crippen LogP contribution is 2.31. The summed E-state index contributed by atoms with van der Waals surface area (Å²) in [6.45, 7) is 1.80. The lowest BCUT2D eigenvalue weighted by atomic mass is 10.0. The minimum Gasteiger partial charge on any atom is -0.327 e. The van der Waals surface area contributed by atoms with Gasteiger partial charge in [-0.2, -0.15) is 8.42 Å². The third kappa shape index (κ3) is 4.64. The lowest BCUT2D eigenvalue weighted by Crippen LogP contribution is -2.18. The normalized spacial score (nSPS) is 11.5. The molecule has 0 unspecified atom stereocenters. The first-order valence-electron chi connectivity index (χ1n) is 10.5. The van der Waals surface area contributed by atoms with E-state index in [1.165, 1.54) is 0 Å². The molecule has 8 nitrogen and oxygen atoms in total. The predicted molar refractivity (Wildman–Crippen MR) is 136 cm³/mol. The maximum Gasteiger partial charge on any atom is 0.277 e. The minimum atomic E-state index is -4.08. The van der Waals surface area contributed by atoms with E-state index in [2.05, 4.69) is 24.7 Å². The Morgan fingerprint density at radius 1 is 0.829 bits per heavy atom. The Hall–Kier alpha value is -4.08. The highest BCUT2D eigenvalue weighted by molar-refractivity contribution is 7.92. The van der Waals surface area contributed by atoms with Crippen LogP contribution in [0.15, 0.2) is 88.7 Å². The molecule has 0 aliphatic rings. The molecule has 5 rings (SSSR count). The van der Waals surface area contributed by atoms with Gasteiger partial charge in [0.2, 0.25) is 5.43 Å². The number of halogens is 1. The Kier molecular flexibility index (Phi) is 5.80. The van der Waals surface area contributed by atoms with Crippen LogP contribution in [-0.2, 0) is 10.0 Å². The highest BCUT2D eigenvalue weighted by atomic mass is 35.5. The van der Waals surface area contributed by atoms with Crippen LogP contribution in [-0.4, -0.2) is 28.4 Å². The SMILES string of the molecule is Cc1cc(-c2nc3c(=O)cc(S(=O)(=O)Nc4ccccc4)[nH]c3nc2-c2ccccc2)cc(Cl)n1. The molecule has 0 saturated heterocycles. The van der Waals surface area contributed by atoms with Gasteiger partial charge in [0.25, 0.3) is 10.0 Å². The summed E-state index contributed by atoms with van der Waals surface area (Å²) in [5.41, 5.74) is 2.77. The van der Waals surface area contributed by atoms with Crippen LogP contribution in [0.4, 0.5) is 5.69 Å². The van der Waals surface area contributed by atoms with Crippen molar-refractivity contribution in [2.75, 3.05) is 4.72 Å². The van der Waals surface area contributed by atoms with Gasteiger partial charge in [-0.3, -0.25) is 9.52 Å². The Balaban J connectivity index is 1.73. The van der Waals surface area contributed by atoms with E-state index in [1.54, 1.807) is 49.4 Å². The van der Waals surface area contributed by atoms with Crippen LogP contribution >= 0.6 is 11.6 Å². The molecule has 0 amide bonds. The Bertz CT molecular complexity index is 1700. The van der Waals surface area contributed by atoms with Crippen molar-refractivity contribution in [1.29, 1.82) is 0 Å². The molecule has 0 aliphatic carbocycles. The molecule has 0 fully saturated rings. The number of hydrogen-bond acceptors (Lipinski definition) is 6. The first-order chi connectivity index (χ1) is 16.8. The van der Waals surface area contributed by atoms with Crippen molar-refractivity contribution in [3.05, 3.63) is 99.9 Å². The molecule has 0 atom stereocenters. The van der Waals surface area contributed by atoms with Crippen molar-refractivity contribution in [3.63, 3.8) is 0 Å². The van der Waals surface area contributed by atoms with Crippen molar-refractivity contribution in [2.45, 2.75) is 11.9 Å². The van der Waals surface area contributed by atoms with Crippen LogP contribution in [0.2, 0.25) is 5.15 Å². The number of aromatic amines is 1. The molecule has 3 aromatic heterocycles. The first kappa shape index (κ1) is 22.7. The highest BCUT2D eigenvalue weighted by Gasteiger charge is 2.21. The van der Waals surface area contributed by atoms with Gasteiger partial charge in [-0.05, 0) is 31.2 Å². The number of nitrogens with zero attached hydrogens (tertiary/aromatic N) is 3. The number of anilines is 1. The Labute approximate surface area is 205 Å². The van der Waals surface area contributed by atoms with Crippen molar-refractivity contribution in [1.82, 2.24) is 19.9 Å². The molecule has 2 aromatic carbocycles. The Morgan fingerprint density at radius 3 is 2.17 bits per heavy atom. The number of aromatic nitrogens is 4. The van der Waals surface area contributed by atoms with Gasteiger partial charge in [0, 0.05) is 28.6 Å². The summed E-state index contributed by atoms with van der Waals surface area (Å²) >= 11 is 6.18. The van der Waals surface area contributed by atoms with Crippen LogP contribution in [0.25, 0.3) is 33.7 Å². The van der Waals surface area contributed by atoms with Crippen LogP contribution < -0.4 is 10.2 Å². The van der Waals surface area contributed by atoms with Gasteiger partial charge in [-0.1, -0.05) is 60.1 Å². The number of benzene rings is 2. The number of rotatable bonds is 5. The average molecular weight is 504 g/mol. The van der Waals surface area contributed by atoms with Crippen LogP contribution in [0.3, 0.4) is 0 Å². The van der Waals surface area contributed by atoms with E-state index >= 15 is 0 Å². The summed E-state index contributed by atoms with van der Waals surface area (Å²) in [6, 6.07) is 22.1. The second-order valence-electron chi connectivity index (χ2n) is 7.77. The van der Waals surface area contributed by atoms with E-state index in [4.69, 9.17) is 11.6 Å². The van der Waals surface area contributed by atoms with Crippen LogP contribution in [0.5, 0.6) is 0 Å². The minimum absolute atomic E-state index is 0.00364. The molecule has 5 aromatic rings. The summed E-state index contributed by atoms with van der Waals surface area (Å²) in [4.78, 5) is 29.2. The lowest BCUT2D eigenvalue weighted by Gasteiger charge is -2.12. The monoisotopic (exact) mass is 503 g/mol. The number of pyridine rings is 2. The molecule has 0 aliphatic heterocycles. The zero-order chi connectivity index (χ0) is 24.6. The summed E-state index contributed by atoms with van der Waals surface area (Å²) in [7, 11) is -4.08. The number of H-pyrrole nitrogens is 1. The molecular formula is C25H18ClN5O3S. The smallest absolute Gasteiger partial charge is 0.277 e. The molecule has 0 radical (unpaired) electrons. The second-order valence-corrected chi connectivity index (χ2v) is 9.81.